The second kappa shape index (κ2) is 14.8. The van der Waals surface area contributed by atoms with E-state index in [1.54, 1.807) is 11.1 Å². The molecular formula is C27H38N8O3. The first kappa shape index (κ1) is 28.8. The first-order valence-electron chi connectivity index (χ1n) is 12.7. The van der Waals surface area contributed by atoms with Crippen LogP contribution in [0, 0.1) is 0 Å². The molecule has 0 fully saturated rings. The van der Waals surface area contributed by atoms with E-state index in [0.717, 1.165) is 21.5 Å². The fraction of sp³-hybridized carbons (Fsp3) is 0.370. The molecular weight excluding hydrogens is 484 g/mol. The molecule has 204 valence electrons. The summed E-state index contributed by atoms with van der Waals surface area (Å²) < 4.78 is 0. The Hall–Kier alpha value is -3.77. The Kier molecular flexibility index (Phi) is 11.2. The number of benzene rings is 2. The zero-order chi connectivity index (χ0) is 27.3. The van der Waals surface area contributed by atoms with Crippen LogP contribution in [0.3, 0.4) is 0 Å². The summed E-state index contributed by atoms with van der Waals surface area (Å²) in [7, 11) is 0. The number of carbonyl (C=O) groups is 2. The third kappa shape index (κ3) is 8.67. The second-order valence-corrected chi connectivity index (χ2v) is 8.99. The zero-order valence-corrected chi connectivity index (χ0v) is 21.5. The molecule has 2 aromatic carbocycles. The first-order valence-corrected chi connectivity index (χ1v) is 12.7. The molecule has 9 N–H and O–H groups in total. The van der Waals surface area contributed by atoms with Crippen molar-refractivity contribution in [2.75, 3.05) is 38.0 Å². The number of nitrogens with two attached hydrogens (primary N) is 3. The number of aliphatic hydroxyl groups excluding tert-OH is 1. The third-order valence-corrected chi connectivity index (χ3v) is 6.16. The zero-order valence-electron chi connectivity index (χ0n) is 21.5. The fourth-order valence-corrected chi connectivity index (χ4v) is 4.09. The minimum Gasteiger partial charge on any atom is -0.372 e. The van der Waals surface area contributed by atoms with Crippen molar-refractivity contribution in [1.82, 2.24) is 20.2 Å². The van der Waals surface area contributed by atoms with Crippen molar-refractivity contribution < 1.29 is 14.7 Å². The first-order chi connectivity index (χ1) is 18.4. The van der Waals surface area contributed by atoms with Gasteiger partial charge >= 0.3 is 6.03 Å². The van der Waals surface area contributed by atoms with E-state index in [9.17, 15) is 14.7 Å². The van der Waals surface area contributed by atoms with Gasteiger partial charge in [0.15, 0.2) is 0 Å². The van der Waals surface area contributed by atoms with Gasteiger partial charge in [0.2, 0.25) is 5.91 Å². The number of hydrazine groups is 1. The largest absolute Gasteiger partial charge is 0.372 e. The van der Waals surface area contributed by atoms with Gasteiger partial charge in [-0.2, -0.15) is 0 Å². The summed E-state index contributed by atoms with van der Waals surface area (Å²) in [6.07, 6.45) is 1.61. The number of para-hydroxylation sites is 1. The minimum atomic E-state index is -1.12. The Morgan fingerprint density at radius 1 is 0.974 bits per heavy atom. The summed E-state index contributed by atoms with van der Waals surface area (Å²) in [4.78, 5) is 31.4. The highest BCUT2D eigenvalue weighted by Gasteiger charge is 2.24. The topological polar surface area (TPSA) is 176 Å². The van der Waals surface area contributed by atoms with E-state index < -0.39 is 18.3 Å². The summed E-state index contributed by atoms with van der Waals surface area (Å²) in [5.74, 6) is 5.79. The molecule has 3 amide bonds. The van der Waals surface area contributed by atoms with Gasteiger partial charge < -0.3 is 32.1 Å². The van der Waals surface area contributed by atoms with Crippen LogP contribution in [0.5, 0.6) is 0 Å². The van der Waals surface area contributed by atoms with Gasteiger partial charge in [-0.05, 0) is 30.5 Å². The molecule has 1 unspecified atom stereocenters. The molecule has 11 nitrogen and oxygen atoms in total. The number of pyridine rings is 1. The lowest BCUT2D eigenvalue weighted by atomic mass is 10.0. The number of hydrogen-bond acceptors (Lipinski definition) is 8. The normalized spacial score (nSPS) is 12.5. The predicted molar refractivity (Wildman–Crippen MR) is 149 cm³/mol. The molecule has 0 aliphatic carbocycles. The van der Waals surface area contributed by atoms with Gasteiger partial charge in [-0.3, -0.25) is 14.8 Å². The molecule has 0 saturated heterocycles. The molecule has 0 bridgehead atoms. The van der Waals surface area contributed by atoms with Crippen LogP contribution < -0.4 is 27.9 Å². The van der Waals surface area contributed by atoms with Crippen molar-refractivity contribution in [2.45, 2.75) is 31.5 Å². The molecule has 0 spiro atoms. The van der Waals surface area contributed by atoms with Crippen LogP contribution in [-0.2, 0) is 11.2 Å². The lowest BCUT2D eigenvalue weighted by molar-refractivity contribution is -0.131. The van der Waals surface area contributed by atoms with Crippen molar-refractivity contribution in [2.24, 2.45) is 17.3 Å². The number of nitrogens with zero attached hydrogens (tertiary/aromatic N) is 3. The molecule has 0 saturated carbocycles. The fourth-order valence-electron chi connectivity index (χ4n) is 4.09. The maximum atomic E-state index is 12.9. The van der Waals surface area contributed by atoms with Crippen LogP contribution in [0.1, 0.15) is 18.4 Å². The number of anilines is 1. The van der Waals surface area contributed by atoms with Crippen LogP contribution >= 0.6 is 0 Å². The summed E-state index contributed by atoms with van der Waals surface area (Å²) in [5.41, 5.74) is 13.7. The number of urea groups is 1. The molecule has 0 radical (unpaired) electrons. The Balaban J connectivity index is 1.64. The van der Waals surface area contributed by atoms with Crippen LogP contribution in [0.2, 0.25) is 0 Å². The predicted octanol–water partition coefficient (Wildman–Crippen LogP) is 0.988. The van der Waals surface area contributed by atoms with E-state index in [0.29, 0.717) is 44.7 Å². The smallest absolute Gasteiger partial charge is 0.331 e. The van der Waals surface area contributed by atoms with Gasteiger partial charge in [0, 0.05) is 44.5 Å². The molecule has 38 heavy (non-hydrogen) atoms. The number of aromatic nitrogens is 1. The number of carbonyl (C=O) groups excluding carboxylic acids is 2. The monoisotopic (exact) mass is 522 g/mol. The van der Waals surface area contributed by atoms with Crippen LogP contribution in [0.25, 0.3) is 10.9 Å². The summed E-state index contributed by atoms with van der Waals surface area (Å²) in [6.45, 7) is 1.41. The highest BCUT2D eigenvalue weighted by Crippen LogP contribution is 2.18. The van der Waals surface area contributed by atoms with E-state index in [1.807, 2.05) is 60.7 Å². The molecule has 1 heterocycles. The standard InChI is InChI=1S/C27H38N8O3/c28-13-16-34(17-14-29)25(36)12-15-35(30)27(38)33-24(11-10-20-6-2-1-3-7-20)26(37)32-22-18-21-8-4-5-9-23(21)31-19-22/h1-9,18-19,24,26,32,37H,10-17,28-30H2,(H,33,38)/t24-,26?/m0/s1. The van der Waals surface area contributed by atoms with E-state index in [2.05, 4.69) is 15.6 Å². The molecule has 3 aromatic rings. The lowest BCUT2D eigenvalue weighted by Gasteiger charge is -2.28. The molecule has 2 atom stereocenters. The lowest BCUT2D eigenvalue weighted by Crippen LogP contribution is -2.54. The van der Waals surface area contributed by atoms with Crippen molar-refractivity contribution in [3.8, 4) is 0 Å². The number of fused-ring (bicyclic) bond motifs is 1. The van der Waals surface area contributed by atoms with Crippen LogP contribution in [0.15, 0.2) is 66.9 Å². The van der Waals surface area contributed by atoms with Gasteiger partial charge in [-0.25, -0.2) is 10.6 Å². The highest BCUT2D eigenvalue weighted by atomic mass is 16.3. The average molecular weight is 523 g/mol. The van der Waals surface area contributed by atoms with Crippen molar-refractivity contribution in [3.05, 3.63) is 72.4 Å². The van der Waals surface area contributed by atoms with E-state index >= 15 is 0 Å². The van der Waals surface area contributed by atoms with E-state index in [1.165, 1.54) is 0 Å². The molecule has 3 rings (SSSR count). The minimum absolute atomic E-state index is 0.000165. The molecule has 1 aromatic heterocycles. The number of rotatable bonds is 14. The van der Waals surface area contributed by atoms with Crippen molar-refractivity contribution in [3.63, 3.8) is 0 Å². The van der Waals surface area contributed by atoms with Crippen molar-refractivity contribution in [1.29, 1.82) is 0 Å². The number of aryl methyl sites for hydroxylation is 1. The summed E-state index contributed by atoms with van der Waals surface area (Å²) in [5, 5.41) is 18.8. The van der Waals surface area contributed by atoms with Gasteiger partial charge in [-0.15, -0.1) is 0 Å². The SMILES string of the molecule is NCCN(CCN)C(=O)CCN(N)C(=O)N[C@@H](CCc1ccccc1)C(O)Nc1cnc2ccccc2c1. The number of nitrogens with one attached hydrogen (secondary N) is 2. The quantitative estimate of drug-likeness (QED) is 0.0786. The molecule has 0 aliphatic heterocycles. The van der Waals surface area contributed by atoms with E-state index in [4.69, 9.17) is 17.3 Å². The Morgan fingerprint density at radius 3 is 2.37 bits per heavy atom. The number of hydrogen-bond donors (Lipinski definition) is 6. The van der Waals surface area contributed by atoms with Crippen LogP contribution in [0.4, 0.5) is 10.5 Å². The van der Waals surface area contributed by atoms with Crippen LogP contribution in [-0.4, -0.2) is 76.9 Å². The summed E-state index contributed by atoms with van der Waals surface area (Å²) in [6, 6.07) is 18.1. The Labute approximate surface area is 222 Å². The maximum Gasteiger partial charge on any atom is 0.331 e. The van der Waals surface area contributed by atoms with Gasteiger partial charge in [0.25, 0.3) is 0 Å². The molecule has 0 aliphatic rings. The van der Waals surface area contributed by atoms with Crippen molar-refractivity contribution >= 4 is 28.5 Å². The number of amides is 3. The molecule has 11 heteroatoms. The third-order valence-electron chi connectivity index (χ3n) is 6.16. The van der Waals surface area contributed by atoms with Gasteiger partial charge in [-0.1, -0.05) is 48.5 Å². The Morgan fingerprint density at radius 2 is 1.66 bits per heavy atom. The van der Waals surface area contributed by atoms with Gasteiger partial charge in [0.1, 0.15) is 6.23 Å². The number of aliphatic hydroxyl groups is 1. The van der Waals surface area contributed by atoms with E-state index in [-0.39, 0.29) is 18.9 Å². The highest BCUT2D eigenvalue weighted by molar-refractivity contribution is 5.81. The second-order valence-electron chi connectivity index (χ2n) is 8.99. The maximum absolute atomic E-state index is 12.9. The Bertz CT molecular complexity index is 1160. The average Bonchev–Trinajstić information content (AvgIpc) is 2.93. The summed E-state index contributed by atoms with van der Waals surface area (Å²) >= 11 is 0. The van der Waals surface area contributed by atoms with Gasteiger partial charge in [0.05, 0.1) is 23.4 Å².